The van der Waals surface area contributed by atoms with Crippen molar-refractivity contribution < 1.29 is 0 Å². The molecule has 1 N–H and O–H groups in total. The van der Waals surface area contributed by atoms with Crippen molar-refractivity contribution in [3.05, 3.63) is 0 Å². The first-order chi connectivity index (χ1) is 8.77. The largest absolute Gasteiger partial charge is 0.314 e. The Morgan fingerprint density at radius 2 is 2.06 bits per heavy atom. The van der Waals surface area contributed by atoms with Crippen molar-refractivity contribution in [2.75, 3.05) is 19.6 Å². The maximum Gasteiger partial charge on any atom is 0.00951 e. The van der Waals surface area contributed by atoms with Crippen LogP contribution in [0.2, 0.25) is 0 Å². The Morgan fingerprint density at radius 1 is 1.22 bits per heavy atom. The predicted molar refractivity (Wildman–Crippen MR) is 81.1 cm³/mol. The topological polar surface area (TPSA) is 15.3 Å². The zero-order valence-electron chi connectivity index (χ0n) is 12.9. The lowest BCUT2D eigenvalue weighted by molar-refractivity contribution is 0.136. The standard InChI is InChI=1S/C16H34N2/c1-4-9-16-11-6-7-13-18(16)14-8-10-15(3)17-12-5-2/h15-17H,4-14H2,1-3H3. The molecule has 1 saturated heterocycles. The molecule has 1 aliphatic rings. The van der Waals surface area contributed by atoms with E-state index in [1.54, 1.807) is 0 Å². The second-order valence-electron chi connectivity index (χ2n) is 5.97. The van der Waals surface area contributed by atoms with Gasteiger partial charge in [0.05, 0.1) is 0 Å². The third kappa shape index (κ3) is 6.19. The van der Waals surface area contributed by atoms with Crippen LogP contribution in [0.25, 0.3) is 0 Å². The Hall–Kier alpha value is -0.0800. The molecule has 2 nitrogen and oxygen atoms in total. The first kappa shape index (κ1) is 16.0. The molecule has 2 unspecified atom stereocenters. The number of rotatable bonds is 9. The van der Waals surface area contributed by atoms with Crippen LogP contribution in [0.3, 0.4) is 0 Å². The summed E-state index contributed by atoms with van der Waals surface area (Å²) in [5.41, 5.74) is 0. The molecule has 1 aliphatic heterocycles. The Bertz CT molecular complexity index is 192. The monoisotopic (exact) mass is 254 g/mol. The minimum atomic E-state index is 0.694. The predicted octanol–water partition coefficient (Wildman–Crippen LogP) is 3.81. The van der Waals surface area contributed by atoms with E-state index in [2.05, 4.69) is 31.0 Å². The molecule has 0 spiro atoms. The van der Waals surface area contributed by atoms with Crippen LogP contribution in [0.5, 0.6) is 0 Å². The van der Waals surface area contributed by atoms with Crippen LogP contribution in [-0.2, 0) is 0 Å². The number of nitrogens with zero attached hydrogens (tertiary/aromatic N) is 1. The highest BCUT2D eigenvalue weighted by Gasteiger charge is 2.20. The SMILES string of the molecule is CCCNC(C)CCCN1CCCCC1CCC. The molecule has 1 fully saturated rings. The summed E-state index contributed by atoms with van der Waals surface area (Å²) in [5, 5.41) is 3.59. The van der Waals surface area contributed by atoms with E-state index in [1.807, 2.05) is 0 Å². The molecule has 0 aromatic heterocycles. The van der Waals surface area contributed by atoms with Crippen molar-refractivity contribution in [2.24, 2.45) is 0 Å². The molecule has 18 heavy (non-hydrogen) atoms. The van der Waals surface area contributed by atoms with Crippen molar-refractivity contribution >= 4 is 0 Å². The number of hydrogen-bond acceptors (Lipinski definition) is 2. The van der Waals surface area contributed by atoms with Crippen LogP contribution >= 0.6 is 0 Å². The Kier molecular flexibility index (Phi) is 8.70. The fourth-order valence-electron chi connectivity index (χ4n) is 3.11. The van der Waals surface area contributed by atoms with E-state index in [0.29, 0.717) is 6.04 Å². The molecule has 0 amide bonds. The fraction of sp³-hybridized carbons (Fsp3) is 1.00. The zero-order valence-corrected chi connectivity index (χ0v) is 12.9. The molecule has 1 rings (SSSR count). The van der Waals surface area contributed by atoms with Gasteiger partial charge in [-0.3, -0.25) is 0 Å². The van der Waals surface area contributed by atoms with Crippen LogP contribution in [0.4, 0.5) is 0 Å². The zero-order chi connectivity index (χ0) is 13.2. The summed E-state index contributed by atoms with van der Waals surface area (Å²) in [6.45, 7) is 10.7. The number of likely N-dealkylation sites (tertiary alicyclic amines) is 1. The van der Waals surface area contributed by atoms with Crippen molar-refractivity contribution in [1.82, 2.24) is 10.2 Å². The van der Waals surface area contributed by atoms with Gasteiger partial charge >= 0.3 is 0 Å². The highest BCUT2D eigenvalue weighted by atomic mass is 15.2. The van der Waals surface area contributed by atoms with Crippen LogP contribution in [-0.4, -0.2) is 36.6 Å². The lowest BCUT2D eigenvalue weighted by Crippen LogP contribution is -2.40. The molecule has 2 heteroatoms. The van der Waals surface area contributed by atoms with Crippen molar-refractivity contribution in [2.45, 2.75) is 84.2 Å². The van der Waals surface area contributed by atoms with Gasteiger partial charge in [0.2, 0.25) is 0 Å². The van der Waals surface area contributed by atoms with Gasteiger partial charge in [0, 0.05) is 12.1 Å². The van der Waals surface area contributed by atoms with E-state index in [0.717, 1.165) is 6.04 Å². The first-order valence-electron chi connectivity index (χ1n) is 8.25. The molecule has 108 valence electrons. The highest BCUT2D eigenvalue weighted by molar-refractivity contribution is 4.77. The molecule has 0 aromatic rings. The summed E-state index contributed by atoms with van der Waals surface area (Å²) in [4.78, 5) is 2.76. The smallest absolute Gasteiger partial charge is 0.00951 e. The van der Waals surface area contributed by atoms with Gasteiger partial charge in [0.25, 0.3) is 0 Å². The van der Waals surface area contributed by atoms with Gasteiger partial charge in [-0.05, 0) is 65.1 Å². The van der Waals surface area contributed by atoms with E-state index >= 15 is 0 Å². The molecule has 0 aliphatic carbocycles. The van der Waals surface area contributed by atoms with E-state index in [9.17, 15) is 0 Å². The molecule has 0 radical (unpaired) electrons. The third-order valence-corrected chi connectivity index (χ3v) is 4.20. The van der Waals surface area contributed by atoms with Gasteiger partial charge in [-0.15, -0.1) is 0 Å². The van der Waals surface area contributed by atoms with Crippen molar-refractivity contribution in [3.63, 3.8) is 0 Å². The van der Waals surface area contributed by atoms with Crippen molar-refractivity contribution in [3.8, 4) is 0 Å². The van der Waals surface area contributed by atoms with Gasteiger partial charge in [0.15, 0.2) is 0 Å². The second kappa shape index (κ2) is 9.80. The Morgan fingerprint density at radius 3 is 2.78 bits per heavy atom. The Labute approximate surface area is 115 Å². The van der Waals surface area contributed by atoms with Gasteiger partial charge < -0.3 is 10.2 Å². The Balaban J connectivity index is 2.15. The summed E-state index contributed by atoms with van der Waals surface area (Å²) < 4.78 is 0. The van der Waals surface area contributed by atoms with Crippen LogP contribution < -0.4 is 5.32 Å². The number of piperidine rings is 1. The first-order valence-corrected chi connectivity index (χ1v) is 8.25. The summed E-state index contributed by atoms with van der Waals surface area (Å²) in [6, 6.07) is 1.59. The molecule has 0 bridgehead atoms. The van der Waals surface area contributed by atoms with Gasteiger partial charge in [0.1, 0.15) is 0 Å². The highest BCUT2D eigenvalue weighted by Crippen LogP contribution is 2.21. The quantitative estimate of drug-likeness (QED) is 0.673. The van der Waals surface area contributed by atoms with E-state index in [-0.39, 0.29) is 0 Å². The molecular formula is C16H34N2. The summed E-state index contributed by atoms with van der Waals surface area (Å²) in [5.74, 6) is 0. The molecule has 2 atom stereocenters. The minimum Gasteiger partial charge on any atom is -0.314 e. The maximum absolute atomic E-state index is 3.59. The fourth-order valence-corrected chi connectivity index (χ4v) is 3.11. The van der Waals surface area contributed by atoms with Gasteiger partial charge in [-0.2, -0.15) is 0 Å². The normalized spacial score (nSPS) is 23.2. The number of hydrogen-bond donors (Lipinski definition) is 1. The third-order valence-electron chi connectivity index (χ3n) is 4.20. The van der Waals surface area contributed by atoms with Gasteiger partial charge in [-0.1, -0.05) is 26.7 Å². The average Bonchev–Trinajstić information content (AvgIpc) is 2.38. The van der Waals surface area contributed by atoms with Crippen LogP contribution in [0, 0.1) is 0 Å². The van der Waals surface area contributed by atoms with Crippen molar-refractivity contribution in [1.29, 1.82) is 0 Å². The van der Waals surface area contributed by atoms with Crippen LogP contribution in [0.1, 0.15) is 72.1 Å². The molecule has 0 saturated carbocycles. The molecule has 1 heterocycles. The summed E-state index contributed by atoms with van der Waals surface area (Å²) >= 11 is 0. The lowest BCUT2D eigenvalue weighted by Gasteiger charge is -2.36. The summed E-state index contributed by atoms with van der Waals surface area (Å²) in [7, 11) is 0. The summed E-state index contributed by atoms with van der Waals surface area (Å²) in [6.07, 6.45) is 11.0. The van der Waals surface area contributed by atoms with E-state index in [1.165, 1.54) is 71.0 Å². The minimum absolute atomic E-state index is 0.694. The second-order valence-corrected chi connectivity index (χ2v) is 5.97. The van der Waals surface area contributed by atoms with Crippen LogP contribution in [0.15, 0.2) is 0 Å². The molecular weight excluding hydrogens is 220 g/mol. The lowest BCUT2D eigenvalue weighted by atomic mass is 9.97. The molecule has 0 aromatic carbocycles. The number of nitrogens with one attached hydrogen (secondary N) is 1. The van der Waals surface area contributed by atoms with Gasteiger partial charge in [-0.25, -0.2) is 0 Å². The maximum atomic E-state index is 3.59. The average molecular weight is 254 g/mol. The van der Waals surface area contributed by atoms with E-state index < -0.39 is 0 Å². The van der Waals surface area contributed by atoms with E-state index in [4.69, 9.17) is 0 Å².